The zero-order chi connectivity index (χ0) is 9.61. The van der Waals surface area contributed by atoms with E-state index in [1.54, 1.807) is 0 Å². The van der Waals surface area contributed by atoms with Crippen molar-refractivity contribution < 1.29 is 0 Å². The van der Waals surface area contributed by atoms with Crippen molar-refractivity contribution in [2.45, 2.75) is 46.1 Å². The maximum Gasteiger partial charge on any atom is 0.0753 e. The van der Waals surface area contributed by atoms with Crippen LogP contribution in [0, 0.1) is 0 Å². The molecule has 0 saturated carbocycles. The number of nitrogens with zero attached hydrogens (tertiary/aromatic N) is 3. The quantitative estimate of drug-likeness (QED) is 0.472. The second-order valence-corrected chi connectivity index (χ2v) is 4.10. The van der Waals surface area contributed by atoms with Crippen LogP contribution in [-0.4, -0.2) is 24.1 Å². The zero-order valence-corrected chi connectivity index (χ0v) is 8.96. The van der Waals surface area contributed by atoms with Gasteiger partial charge in [-0.05, 0) is 27.2 Å². The highest BCUT2D eigenvalue weighted by molar-refractivity contribution is 4.66. The Labute approximate surface area is 75.8 Å². The van der Waals surface area contributed by atoms with Crippen molar-refractivity contribution in [3.05, 3.63) is 0 Å². The Morgan fingerprint density at radius 2 is 1.83 bits per heavy atom. The third-order valence-electron chi connectivity index (χ3n) is 1.33. The first-order valence-electron chi connectivity index (χ1n) is 4.59. The number of unbranched alkanes of at least 4 members (excludes halogenated alkanes) is 1. The summed E-state index contributed by atoms with van der Waals surface area (Å²) in [5, 5.41) is 10.1. The molecule has 0 aromatic rings. The fourth-order valence-corrected chi connectivity index (χ4v) is 0.642. The van der Waals surface area contributed by atoms with Gasteiger partial charge in [0, 0.05) is 13.6 Å². The van der Waals surface area contributed by atoms with E-state index < -0.39 is 0 Å². The molecule has 0 radical (unpaired) electrons. The van der Waals surface area contributed by atoms with E-state index in [9.17, 15) is 0 Å². The van der Waals surface area contributed by atoms with Crippen LogP contribution < -0.4 is 0 Å². The molecule has 0 aliphatic heterocycles. The van der Waals surface area contributed by atoms with Crippen molar-refractivity contribution >= 4 is 0 Å². The number of rotatable bonds is 4. The van der Waals surface area contributed by atoms with Crippen molar-refractivity contribution in [2.24, 2.45) is 10.3 Å². The second-order valence-electron chi connectivity index (χ2n) is 4.10. The SMILES string of the molecule is CCCCN(C)/N=N/C(C)(C)C. The van der Waals surface area contributed by atoms with Gasteiger partial charge in [-0.1, -0.05) is 18.6 Å². The van der Waals surface area contributed by atoms with Crippen molar-refractivity contribution in [1.29, 1.82) is 0 Å². The van der Waals surface area contributed by atoms with Crippen LogP contribution in [0.5, 0.6) is 0 Å². The molecule has 0 fully saturated rings. The van der Waals surface area contributed by atoms with Crippen LogP contribution in [-0.2, 0) is 0 Å². The highest BCUT2D eigenvalue weighted by Crippen LogP contribution is 2.07. The van der Waals surface area contributed by atoms with E-state index in [0.717, 1.165) is 6.54 Å². The van der Waals surface area contributed by atoms with Crippen LogP contribution >= 0.6 is 0 Å². The molecule has 3 heteroatoms. The smallest absolute Gasteiger partial charge is 0.0753 e. The van der Waals surface area contributed by atoms with Gasteiger partial charge in [-0.3, -0.25) is 5.01 Å². The van der Waals surface area contributed by atoms with Crippen molar-refractivity contribution in [3.63, 3.8) is 0 Å². The van der Waals surface area contributed by atoms with E-state index >= 15 is 0 Å². The largest absolute Gasteiger partial charge is 0.282 e. The Morgan fingerprint density at radius 3 is 2.25 bits per heavy atom. The lowest BCUT2D eigenvalue weighted by Gasteiger charge is -2.14. The molecule has 0 aromatic heterocycles. The summed E-state index contributed by atoms with van der Waals surface area (Å²) in [7, 11) is 1.96. The first kappa shape index (κ1) is 11.4. The van der Waals surface area contributed by atoms with Gasteiger partial charge < -0.3 is 0 Å². The highest BCUT2D eigenvalue weighted by Gasteiger charge is 2.06. The average molecular weight is 171 g/mol. The lowest BCUT2D eigenvalue weighted by Crippen LogP contribution is -2.15. The number of hydrogen-bond acceptors (Lipinski definition) is 2. The van der Waals surface area contributed by atoms with Crippen molar-refractivity contribution in [2.75, 3.05) is 13.6 Å². The van der Waals surface area contributed by atoms with Crippen LogP contribution in [0.1, 0.15) is 40.5 Å². The van der Waals surface area contributed by atoms with Crippen molar-refractivity contribution in [3.8, 4) is 0 Å². The van der Waals surface area contributed by atoms with E-state index in [1.807, 2.05) is 32.8 Å². The summed E-state index contributed by atoms with van der Waals surface area (Å²) in [5.41, 5.74) is -0.0551. The molecule has 0 bridgehead atoms. The Balaban J connectivity index is 3.68. The number of hydrogen-bond donors (Lipinski definition) is 0. The Morgan fingerprint density at radius 1 is 1.25 bits per heavy atom. The first-order valence-corrected chi connectivity index (χ1v) is 4.59. The van der Waals surface area contributed by atoms with Crippen LogP contribution in [0.15, 0.2) is 10.3 Å². The van der Waals surface area contributed by atoms with Gasteiger partial charge in [0.25, 0.3) is 0 Å². The van der Waals surface area contributed by atoms with E-state index in [0.29, 0.717) is 0 Å². The minimum Gasteiger partial charge on any atom is -0.282 e. The lowest BCUT2D eigenvalue weighted by molar-refractivity contribution is 0.302. The van der Waals surface area contributed by atoms with Gasteiger partial charge >= 0.3 is 0 Å². The highest BCUT2D eigenvalue weighted by atomic mass is 15.5. The van der Waals surface area contributed by atoms with Crippen LogP contribution in [0.4, 0.5) is 0 Å². The first-order chi connectivity index (χ1) is 5.45. The summed E-state index contributed by atoms with van der Waals surface area (Å²) < 4.78 is 0. The molecule has 0 spiro atoms. The predicted octanol–water partition coefficient (Wildman–Crippen LogP) is 2.88. The van der Waals surface area contributed by atoms with E-state index in [1.165, 1.54) is 12.8 Å². The molecule has 12 heavy (non-hydrogen) atoms. The Kier molecular flexibility index (Phi) is 4.86. The van der Waals surface area contributed by atoms with Crippen LogP contribution in [0.2, 0.25) is 0 Å². The summed E-state index contributed by atoms with van der Waals surface area (Å²) in [6, 6.07) is 0. The molecule has 0 N–H and O–H groups in total. The summed E-state index contributed by atoms with van der Waals surface area (Å²) in [6.45, 7) is 9.31. The Hall–Kier alpha value is -0.600. The summed E-state index contributed by atoms with van der Waals surface area (Å²) in [4.78, 5) is 0. The van der Waals surface area contributed by atoms with Gasteiger partial charge in [0.2, 0.25) is 0 Å². The van der Waals surface area contributed by atoms with Gasteiger partial charge in [-0.15, -0.1) is 0 Å². The molecule has 0 aliphatic carbocycles. The lowest BCUT2D eigenvalue weighted by atomic mass is 10.1. The molecule has 0 rings (SSSR count). The third-order valence-corrected chi connectivity index (χ3v) is 1.33. The van der Waals surface area contributed by atoms with Crippen molar-refractivity contribution in [1.82, 2.24) is 5.01 Å². The predicted molar refractivity (Wildman–Crippen MR) is 52.1 cm³/mol. The second kappa shape index (κ2) is 5.12. The van der Waals surface area contributed by atoms with Gasteiger partial charge in [-0.25, -0.2) is 0 Å². The van der Waals surface area contributed by atoms with Crippen LogP contribution in [0.25, 0.3) is 0 Å². The topological polar surface area (TPSA) is 28.0 Å². The average Bonchev–Trinajstić information content (AvgIpc) is 1.95. The van der Waals surface area contributed by atoms with E-state index in [2.05, 4.69) is 17.3 Å². The molecule has 3 nitrogen and oxygen atoms in total. The van der Waals surface area contributed by atoms with Crippen LogP contribution in [0.3, 0.4) is 0 Å². The van der Waals surface area contributed by atoms with E-state index in [-0.39, 0.29) is 5.54 Å². The molecule has 0 atom stereocenters. The van der Waals surface area contributed by atoms with Gasteiger partial charge in [0.15, 0.2) is 0 Å². The monoisotopic (exact) mass is 171 g/mol. The fourth-order valence-electron chi connectivity index (χ4n) is 0.642. The molecule has 0 aromatic carbocycles. The molecule has 72 valence electrons. The summed E-state index contributed by atoms with van der Waals surface area (Å²) in [5.74, 6) is 0. The molecule has 0 unspecified atom stereocenters. The molecule has 0 saturated heterocycles. The normalized spacial score (nSPS) is 12.4. The fraction of sp³-hybridized carbons (Fsp3) is 1.00. The van der Waals surface area contributed by atoms with Gasteiger partial charge in [0.1, 0.15) is 0 Å². The minimum atomic E-state index is -0.0551. The maximum absolute atomic E-state index is 4.16. The summed E-state index contributed by atoms with van der Waals surface area (Å²) in [6.07, 6.45) is 2.38. The molecular formula is C9H21N3. The summed E-state index contributed by atoms with van der Waals surface area (Å²) >= 11 is 0. The van der Waals surface area contributed by atoms with E-state index in [4.69, 9.17) is 0 Å². The minimum absolute atomic E-state index is 0.0551. The zero-order valence-electron chi connectivity index (χ0n) is 8.96. The van der Waals surface area contributed by atoms with Gasteiger partial charge in [-0.2, -0.15) is 5.11 Å². The molecular weight excluding hydrogens is 150 g/mol. The standard InChI is InChI=1S/C9H21N3/c1-6-7-8-12(5)11-10-9(2,3)4/h6-8H2,1-5H3/b11-10+. The molecule has 0 aliphatic rings. The molecule has 0 amide bonds. The molecule has 0 heterocycles. The third kappa shape index (κ3) is 7.51. The maximum atomic E-state index is 4.16. The van der Waals surface area contributed by atoms with Gasteiger partial charge in [0.05, 0.1) is 5.54 Å². The Bertz CT molecular complexity index is 135.